The molecule has 1 aliphatic rings. The van der Waals surface area contributed by atoms with Crippen molar-refractivity contribution in [1.29, 1.82) is 0 Å². The van der Waals surface area contributed by atoms with E-state index in [2.05, 4.69) is 0 Å². The summed E-state index contributed by atoms with van der Waals surface area (Å²) in [4.78, 5) is 26.4. The van der Waals surface area contributed by atoms with Gasteiger partial charge < -0.3 is 19.6 Å². The maximum absolute atomic E-state index is 12.3. The molecule has 0 aromatic rings. The first-order valence-corrected chi connectivity index (χ1v) is 6.36. The molecule has 1 N–H and O–H groups in total. The van der Waals surface area contributed by atoms with Crippen LogP contribution in [0.3, 0.4) is 0 Å². The molecule has 2 unspecified atom stereocenters. The topological polar surface area (TPSA) is 70.1 Å². The van der Waals surface area contributed by atoms with Gasteiger partial charge in [0, 0.05) is 13.6 Å². The zero-order chi connectivity index (χ0) is 13.7. The molecule has 2 atom stereocenters. The molecule has 0 radical (unpaired) electrons. The normalized spacial score (nSPS) is 21.5. The number of aliphatic carboxylic acids is 1. The van der Waals surface area contributed by atoms with Gasteiger partial charge in [-0.05, 0) is 12.8 Å². The number of carboxylic acids is 1. The van der Waals surface area contributed by atoms with Crippen LogP contribution < -0.4 is 0 Å². The Morgan fingerprint density at radius 3 is 2.67 bits per heavy atom. The molecule has 1 saturated heterocycles. The molecule has 0 spiro atoms. The highest BCUT2D eigenvalue weighted by atomic mass is 16.5. The second-order valence-corrected chi connectivity index (χ2v) is 4.49. The first-order valence-electron chi connectivity index (χ1n) is 6.36. The Balaban J connectivity index is 2.74. The van der Waals surface area contributed by atoms with Gasteiger partial charge in [0.25, 0.3) is 0 Å². The van der Waals surface area contributed by atoms with Crippen LogP contribution >= 0.6 is 0 Å². The van der Waals surface area contributed by atoms with E-state index >= 15 is 0 Å². The third-order valence-corrected chi connectivity index (χ3v) is 3.39. The summed E-state index contributed by atoms with van der Waals surface area (Å²) in [5.41, 5.74) is 0. The van der Waals surface area contributed by atoms with Crippen LogP contribution in [0.15, 0.2) is 0 Å². The molecule has 6 nitrogen and oxygen atoms in total. The Morgan fingerprint density at radius 2 is 2.17 bits per heavy atom. The van der Waals surface area contributed by atoms with Crippen LogP contribution in [0.25, 0.3) is 0 Å². The number of rotatable bonds is 4. The number of ether oxygens (including phenoxy) is 1. The number of nitrogens with zero attached hydrogens (tertiary/aromatic N) is 2. The molecule has 6 heteroatoms. The Bertz CT molecular complexity index is 308. The third-order valence-electron chi connectivity index (χ3n) is 3.39. The number of urea groups is 1. The van der Waals surface area contributed by atoms with Crippen molar-refractivity contribution >= 4 is 12.0 Å². The molecular weight excluding hydrogens is 236 g/mol. The zero-order valence-electron chi connectivity index (χ0n) is 11.3. The van der Waals surface area contributed by atoms with Crippen molar-refractivity contribution in [3.8, 4) is 0 Å². The first-order chi connectivity index (χ1) is 8.52. The lowest BCUT2D eigenvalue weighted by molar-refractivity contribution is -0.142. The second-order valence-electron chi connectivity index (χ2n) is 4.49. The number of carboxylic acid groups (broad SMARTS) is 1. The van der Waals surface area contributed by atoms with Crippen LogP contribution in [0.4, 0.5) is 4.79 Å². The maximum atomic E-state index is 12.3. The summed E-state index contributed by atoms with van der Waals surface area (Å²) in [7, 11) is 1.55. The molecule has 104 valence electrons. The Kier molecular flexibility index (Phi) is 5.40. The quantitative estimate of drug-likeness (QED) is 0.817. The van der Waals surface area contributed by atoms with E-state index in [1.165, 1.54) is 4.90 Å². The minimum atomic E-state index is -0.963. The van der Waals surface area contributed by atoms with E-state index < -0.39 is 12.0 Å². The van der Waals surface area contributed by atoms with Crippen LogP contribution in [0, 0.1) is 0 Å². The van der Waals surface area contributed by atoms with E-state index in [9.17, 15) is 9.59 Å². The molecule has 1 fully saturated rings. The summed E-state index contributed by atoms with van der Waals surface area (Å²) in [6.45, 7) is 5.32. The predicted octanol–water partition coefficient (Wildman–Crippen LogP) is 1.01. The number of carbonyl (C=O) groups excluding carboxylic acids is 1. The lowest BCUT2D eigenvalue weighted by atomic mass is 10.1. The van der Waals surface area contributed by atoms with Gasteiger partial charge in [-0.15, -0.1) is 0 Å². The van der Waals surface area contributed by atoms with E-state index in [1.807, 2.05) is 6.92 Å². The summed E-state index contributed by atoms with van der Waals surface area (Å²) in [6, 6.07) is -0.947. The molecule has 0 aromatic carbocycles. The van der Waals surface area contributed by atoms with E-state index in [1.54, 1.807) is 18.9 Å². The molecule has 1 rings (SSSR count). The summed E-state index contributed by atoms with van der Waals surface area (Å²) in [5.74, 6) is -0.963. The number of morpholine rings is 1. The van der Waals surface area contributed by atoms with E-state index in [-0.39, 0.29) is 12.1 Å². The number of amides is 2. The minimum Gasteiger partial charge on any atom is -0.480 e. The van der Waals surface area contributed by atoms with Gasteiger partial charge in [-0.3, -0.25) is 0 Å². The van der Waals surface area contributed by atoms with Gasteiger partial charge in [-0.1, -0.05) is 13.8 Å². The highest BCUT2D eigenvalue weighted by Gasteiger charge is 2.32. The van der Waals surface area contributed by atoms with Crippen LogP contribution in [-0.4, -0.2) is 65.8 Å². The predicted molar refractivity (Wildman–Crippen MR) is 66.5 cm³/mol. The molecule has 2 amide bonds. The lowest BCUT2D eigenvalue weighted by Crippen LogP contribution is -2.55. The van der Waals surface area contributed by atoms with Gasteiger partial charge in [0.05, 0.1) is 19.3 Å². The highest BCUT2D eigenvalue weighted by molar-refractivity contribution is 5.82. The van der Waals surface area contributed by atoms with Gasteiger partial charge in [-0.2, -0.15) is 0 Å². The monoisotopic (exact) mass is 258 g/mol. The van der Waals surface area contributed by atoms with Crippen LogP contribution in [0.1, 0.15) is 26.7 Å². The fraction of sp³-hybridized carbons (Fsp3) is 0.833. The molecular formula is C12H22N2O4. The van der Waals surface area contributed by atoms with Crippen molar-refractivity contribution in [1.82, 2.24) is 9.80 Å². The highest BCUT2D eigenvalue weighted by Crippen LogP contribution is 2.14. The van der Waals surface area contributed by atoms with Gasteiger partial charge in [0.2, 0.25) is 0 Å². The van der Waals surface area contributed by atoms with Gasteiger partial charge in [-0.25, -0.2) is 9.59 Å². The van der Waals surface area contributed by atoms with Crippen molar-refractivity contribution in [3.63, 3.8) is 0 Å². The van der Waals surface area contributed by atoms with E-state index in [4.69, 9.17) is 9.84 Å². The first kappa shape index (κ1) is 14.8. The average molecular weight is 258 g/mol. The van der Waals surface area contributed by atoms with Crippen molar-refractivity contribution in [3.05, 3.63) is 0 Å². The molecule has 18 heavy (non-hydrogen) atoms. The maximum Gasteiger partial charge on any atom is 0.326 e. The zero-order valence-corrected chi connectivity index (χ0v) is 11.3. The number of hydrogen-bond acceptors (Lipinski definition) is 3. The molecule has 1 aliphatic heterocycles. The largest absolute Gasteiger partial charge is 0.480 e. The van der Waals surface area contributed by atoms with E-state index in [0.717, 1.165) is 6.42 Å². The fourth-order valence-electron chi connectivity index (χ4n) is 2.19. The molecule has 0 aliphatic carbocycles. The van der Waals surface area contributed by atoms with E-state index in [0.29, 0.717) is 26.2 Å². The third kappa shape index (κ3) is 3.13. The Labute approximate surface area is 107 Å². The summed E-state index contributed by atoms with van der Waals surface area (Å²) in [5, 5.41) is 9.08. The van der Waals surface area contributed by atoms with Crippen molar-refractivity contribution in [2.24, 2.45) is 0 Å². The van der Waals surface area contributed by atoms with Crippen molar-refractivity contribution < 1.29 is 19.4 Å². The molecule has 0 bridgehead atoms. The van der Waals surface area contributed by atoms with Crippen LogP contribution in [-0.2, 0) is 9.53 Å². The lowest BCUT2D eigenvalue weighted by Gasteiger charge is -2.38. The number of likely N-dealkylation sites (N-methyl/N-ethyl adjacent to an activating group) is 1. The second kappa shape index (κ2) is 6.58. The summed E-state index contributed by atoms with van der Waals surface area (Å²) >= 11 is 0. The van der Waals surface area contributed by atoms with Crippen LogP contribution in [0.5, 0.6) is 0 Å². The number of hydrogen-bond donors (Lipinski definition) is 1. The molecule has 0 aromatic heterocycles. The van der Waals surface area contributed by atoms with Gasteiger partial charge in [0.15, 0.2) is 0 Å². The van der Waals surface area contributed by atoms with Crippen molar-refractivity contribution in [2.75, 3.05) is 26.8 Å². The fourth-order valence-corrected chi connectivity index (χ4v) is 2.19. The van der Waals surface area contributed by atoms with Crippen molar-refractivity contribution in [2.45, 2.75) is 38.8 Å². The summed E-state index contributed by atoms with van der Waals surface area (Å²) in [6.07, 6.45) is 1.21. The van der Waals surface area contributed by atoms with Gasteiger partial charge >= 0.3 is 12.0 Å². The standard InChI is InChI=1S/C12H22N2O4/c1-4-9-8-18-7-6-14(9)12(17)13(3)10(5-2)11(15)16/h9-10H,4-8H2,1-3H3,(H,15,16). The smallest absolute Gasteiger partial charge is 0.326 e. The van der Waals surface area contributed by atoms with Gasteiger partial charge in [0.1, 0.15) is 6.04 Å². The summed E-state index contributed by atoms with van der Waals surface area (Å²) < 4.78 is 5.34. The Hall–Kier alpha value is -1.30. The number of carbonyl (C=O) groups is 2. The average Bonchev–Trinajstić information content (AvgIpc) is 2.38. The SMILES string of the molecule is CCC(C(=O)O)N(C)C(=O)N1CCOCC1CC. The molecule has 0 saturated carbocycles. The van der Waals surface area contributed by atoms with Crippen LogP contribution in [0.2, 0.25) is 0 Å². The minimum absolute atomic E-state index is 0.0417. The molecule has 1 heterocycles. The Morgan fingerprint density at radius 1 is 1.50 bits per heavy atom.